The van der Waals surface area contributed by atoms with Crippen LogP contribution in [0.15, 0.2) is 12.7 Å². The van der Waals surface area contributed by atoms with Gasteiger partial charge in [-0.05, 0) is 33.4 Å². The molecule has 3 heteroatoms. The van der Waals surface area contributed by atoms with E-state index >= 15 is 0 Å². The monoisotopic (exact) mass is 269 g/mol. The quantitative estimate of drug-likeness (QED) is 0.308. The van der Waals surface area contributed by atoms with Crippen LogP contribution in [0.25, 0.3) is 0 Å². The highest BCUT2D eigenvalue weighted by Gasteiger charge is 2.13. The van der Waals surface area contributed by atoms with Gasteiger partial charge in [0.05, 0.1) is 5.92 Å². The number of unbranched alkanes of at least 4 members (excludes halogenated alkanes) is 5. The summed E-state index contributed by atoms with van der Waals surface area (Å²) < 4.78 is 5.23. The molecule has 0 spiro atoms. The Hall–Kier alpha value is -0.830. The molecule has 19 heavy (non-hydrogen) atoms. The SMILES string of the molecule is C=CCCCCCCCC(C)C(=O)OCCN(C)C. The van der Waals surface area contributed by atoms with E-state index < -0.39 is 0 Å². The number of ether oxygens (including phenoxy) is 1. The summed E-state index contributed by atoms with van der Waals surface area (Å²) in [5.41, 5.74) is 0. The number of hydrogen-bond donors (Lipinski definition) is 0. The number of esters is 1. The first-order valence-corrected chi connectivity index (χ1v) is 7.50. The summed E-state index contributed by atoms with van der Waals surface area (Å²) >= 11 is 0. The smallest absolute Gasteiger partial charge is 0.308 e. The van der Waals surface area contributed by atoms with Crippen LogP contribution in [0, 0.1) is 5.92 Å². The molecule has 0 saturated carbocycles. The van der Waals surface area contributed by atoms with Gasteiger partial charge in [0.2, 0.25) is 0 Å². The Kier molecular flexibility index (Phi) is 11.7. The molecule has 0 saturated heterocycles. The average molecular weight is 269 g/mol. The second kappa shape index (κ2) is 12.2. The molecule has 3 nitrogen and oxygen atoms in total. The van der Waals surface area contributed by atoms with Crippen molar-refractivity contribution in [1.82, 2.24) is 4.90 Å². The summed E-state index contributed by atoms with van der Waals surface area (Å²) in [4.78, 5) is 13.7. The van der Waals surface area contributed by atoms with Crippen molar-refractivity contribution in [3.63, 3.8) is 0 Å². The molecule has 0 rings (SSSR count). The molecule has 0 aromatic carbocycles. The molecule has 0 radical (unpaired) electrons. The summed E-state index contributed by atoms with van der Waals surface area (Å²) in [5, 5.41) is 0. The highest BCUT2D eigenvalue weighted by Crippen LogP contribution is 2.13. The predicted molar refractivity (Wildman–Crippen MR) is 81.2 cm³/mol. The normalized spacial score (nSPS) is 12.4. The number of nitrogens with zero attached hydrogens (tertiary/aromatic N) is 1. The fraction of sp³-hybridized carbons (Fsp3) is 0.812. The number of carbonyl (C=O) groups excluding carboxylic acids is 1. The van der Waals surface area contributed by atoms with Gasteiger partial charge in [-0.3, -0.25) is 4.79 Å². The molecule has 1 unspecified atom stereocenters. The van der Waals surface area contributed by atoms with E-state index in [4.69, 9.17) is 4.74 Å². The van der Waals surface area contributed by atoms with Crippen molar-refractivity contribution in [2.75, 3.05) is 27.2 Å². The summed E-state index contributed by atoms with van der Waals surface area (Å²) in [5.74, 6) is -0.0103. The average Bonchev–Trinajstić information content (AvgIpc) is 2.36. The topological polar surface area (TPSA) is 29.5 Å². The van der Waals surface area contributed by atoms with E-state index in [-0.39, 0.29) is 11.9 Å². The Labute approximate surface area is 119 Å². The summed E-state index contributed by atoms with van der Waals surface area (Å²) in [6.45, 7) is 6.98. The van der Waals surface area contributed by atoms with Crippen LogP contribution in [0.1, 0.15) is 51.9 Å². The third-order valence-corrected chi connectivity index (χ3v) is 3.23. The van der Waals surface area contributed by atoms with Crippen LogP contribution >= 0.6 is 0 Å². The maximum absolute atomic E-state index is 11.7. The van der Waals surface area contributed by atoms with Crippen molar-refractivity contribution < 1.29 is 9.53 Å². The first-order valence-electron chi connectivity index (χ1n) is 7.50. The Morgan fingerprint density at radius 2 is 1.84 bits per heavy atom. The maximum atomic E-state index is 11.7. The van der Waals surface area contributed by atoms with Gasteiger partial charge in [-0.15, -0.1) is 6.58 Å². The van der Waals surface area contributed by atoms with Gasteiger partial charge in [0.1, 0.15) is 6.61 Å². The first kappa shape index (κ1) is 18.2. The molecule has 0 N–H and O–H groups in total. The molecule has 0 aliphatic carbocycles. The van der Waals surface area contributed by atoms with E-state index in [0.29, 0.717) is 6.61 Å². The summed E-state index contributed by atoms with van der Waals surface area (Å²) in [6.07, 6.45) is 10.2. The van der Waals surface area contributed by atoms with E-state index in [1.165, 1.54) is 25.7 Å². The van der Waals surface area contributed by atoms with Crippen molar-refractivity contribution in [3.05, 3.63) is 12.7 Å². The lowest BCUT2D eigenvalue weighted by Crippen LogP contribution is -2.22. The van der Waals surface area contributed by atoms with E-state index in [2.05, 4.69) is 6.58 Å². The van der Waals surface area contributed by atoms with Crippen molar-refractivity contribution >= 4 is 5.97 Å². The zero-order valence-corrected chi connectivity index (χ0v) is 13.0. The predicted octanol–water partition coefficient (Wildman–Crippen LogP) is 3.64. The third-order valence-electron chi connectivity index (χ3n) is 3.23. The maximum Gasteiger partial charge on any atom is 0.308 e. The highest BCUT2D eigenvalue weighted by molar-refractivity contribution is 5.71. The molecular weight excluding hydrogens is 238 g/mol. The van der Waals surface area contributed by atoms with Crippen molar-refractivity contribution in [3.8, 4) is 0 Å². The zero-order chi connectivity index (χ0) is 14.5. The molecule has 0 aromatic heterocycles. The van der Waals surface area contributed by atoms with E-state index in [1.807, 2.05) is 32.0 Å². The van der Waals surface area contributed by atoms with Crippen molar-refractivity contribution in [2.24, 2.45) is 5.92 Å². The molecule has 0 aromatic rings. The lowest BCUT2D eigenvalue weighted by molar-refractivity contribution is -0.148. The fourth-order valence-electron chi connectivity index (χ4n) is 1.86. The minimum absolute atomic E-state index is 0.0373. The van der Waals surface area contributed by atoms with Gasteiger partial charge < -0.3 is 9.64 Å². The summed E-state index contributed by atoms with van der Waals surface area (Å²) in [7, 11) is 3.95. The molecule has 0 amide bonds. The molecule has 1 atom stereocenters. The Morgan fingerprint density at radius 3 is 2.47 bits per heavy atom. The van der Waals surface area contributed by atoms with Crippen LogP contribution in [0.2, 0.25) is 0 Å². The zero-order valence-electron chi connectivity index (χ0n) is 13.0. The molecule has 0 bridgehead atoms. The lowest BCUT2D eigenvalue weighted by Gasteiger charge is -2.13. The van der Waals surface area contributed by atoms with Crippen LogP contribution in [0.5, 0.6) is 0 Å². The van der Waals surface area contributed by atoms with Gasteiger partial charge in [0.25, 0.3) is 0 Å². The van der Waals surface area contributed by atoms with E-state index in [0.717, 1.165) is 25.8 Å². The third kappa shape index (κ3) is 12.0. The number of likely N-dealkylation sites (N-methyl/N-ethyl adjacent to an activating group) is 1. The second-order valence-corrected chi connectivity index (χ2v) is 5.51. The first-order chi connectivity index (χ1) is 9.07. The molecular formula is C16H31NO2. The second-order valence-electron chi connectivity index (χ2n) is 5.51. The van der Waals surface area contributed by atoms with Gasteiger partial charge in [0, 0.05) is 6.54 Å². The van der Waals surface area contributed by atoms with Gasteiger partial charge in [-0.2, -0.15) is 0 Å². The van der Waals surface area contributed by atoms with Crippen molar-refractivity contribution in [2.45, 2.75) is 51.9 Å². The Balaban J connectivity index is 3.43. The van der Waals surface area contributed by atoms with Crippen molar-refractivity contribution in [1.29, 1.82) is 0 Å². The van der Waals surface area contributed by atoms with E-state index in [1.54, 1.807) is 0 Å². The molecule has 0 heterocycles. The lowest BCUT2D eigenvalue weighted by atomic mass is 10.0. The number of carbonyl (C=O) groups is 1. The molecule has 0 aliphatic heterocycles. The van der Waals surface area contributed by atoms with Gasteiger partial charge in [-0.1, -0.05) is 38.7 Å². The van der Waals surface area contributed by atoms with E-state index in [9.17, 15) is 4.79 Å². The summed E-state index contributed by atoms with van der Waals surface area (Å²) in [6, 6.07) is 0. The van der Waals surface area contributed by atoms with Crippen LogP contribution in [0.4, 0.5) is 0 Å². The van der Waals surface area contributed by atoms with Crippen LogP contribution < -0.4 is 0 Å². The molecule has 112 valence electrons. The number of rotatable bonds is 12. The molecule has 0 fully saturated rings. The van der Waals surface area contributed by atoms with Crippen LogP contribution in [0.3, 0.4) is 0 Å². The van der Waals surface area contributed by atoms with Gasteiger partial charge >= 0.3 is 5.97 Å². The van der Waals surface area contributed by atoms with Crippen LogP contribution in [-0.2, 0) is 9.53 Å². The molecule has 0 aliphatic rings. The fourth-order valence-corrected chi connectivity index (χ4v) is 1.86. The number of allylic oxidation sites excluding steroid dienone is 1. The van der Waals surface area contributed by atoms with Gasteiger partial charge in [0.15, 0.2) is 0 Å². The minimum Gasteiger partial charge on any atom is -0.464 e. The van der Waals surface area contributed by atoms with Crippen LogP contribution in [-0.4, -0.2) is 38.1 Å². The Bertz CT molecular complexity index is 239. The minimum atomic E-state index is -0.0477. The Morgan fingerprint density at radius 1 is 1.21 bits per heavy atom. The number of hydrogen-bond acceptors (Lipinski definition) is 3. The highest BCUT2D eigenvalue weighted by atomic mass is 16.5. The largest absolute Gasteiger partial charge is 0.464 e. The standard InChI is InChI=1S/C16H31NO2/c1-5-6-7-8-9-10-11-12-15(2)16(18)19-14-13-17(3)4/h5,15H,1,6-14H2,2-4H3. The van der Waals surface area contributed by atoms with Gasteiger partial charge in [-0.25, -0.2) is 0 Å².